The summed E-state index contributed by atoms with van der Waals surface area (Å²) >= 11 is 0. The molecular weight excluding hydrogens is 380 g/mol. The SMILES string of the molecule is CC=C(C)CCC=C(C)C(=O)OCC(C)(C)CC1=C(O)c2ccccc2C(=O)C1=O. The first-order valence-corrected chi connectivity index (χ1v) is 10.1. The van der Waals surface area contributed by atoms with Gasteiger partial charge in [0, 0.05) is 27.7 Å². The molecule has 1 aromatic carbocycles. The quantitative estimate of drug-likeness (QED) is 0.270. The molecule has 0 bridgehead atoms. The van der Waals surface area contributed by atoms with Gasteiger partial charge in [0.15, 0.2) is 0 Å². The van der Waals surface area contributed by atoms with Crippen LogP contribution in [-0.2, 0) is 14.3 Å². The van der Waals surface area contributed by atoms with Gasteiger partial charge in [0.2, 0.25) is 11.6 Å². The number of allylic oxidation sites excluding steroid dienone is 4. The van der Waals surface area contributed by atoms with Crippen LogP contribution >= 0.6 is 0 Å². The maximum atomic E-state index is 12.5. The van der Waals surface area contributed by atoms with Gasteiger partial charge in [0.05, 0.1) is 6.61 Å². The maximum absolute atomic E-state index is 12.5. The molecule has 5 heteroatoms. The Morgan fingerprint density at radius 3 is 2.37 bits per heavy atom. The molecule has 5 nitrogen and oxygen atoms in total. The normalized spacial score (nSPS) is 15.4. The Morgan fingerprint density at radius 2 is 1.73 bits per heavy atom. The van der Waals surface area contributed by atoms with Crippen molar-refractivity contribution in [2.24, 2.45) is 5.41 Å². The number of carbonyl (C=O) groups excluding carboxylic acids is 3. The first-order valence-electron chi connectivity index (χ1n) is 10.1. The van der Waals surface area contributed by atoms with Gasteiger partial charge in [0.25, 0.3) is 0 Å². The van der Waals surface area contributed by atoms with Crippen LogP contribution in [-0.4, -0.2) is 29.2 Å². The van der Waals surface area contributed by atoms with Crippen LogP contribution in [0.3, 0.4) is 0 Å². The Morgan fingerprint density at radius 1 is 1.10 bits per heavy atom. The molecule has 1 aromatic rings. The van der Waals surface area contributed by atoms with Crippen LogP contribution in [0.2, 0.25) is 0 Å². The number of esters is 1. The van der Waals surface area contributed by atoms with Gasteiger partial charge in [-0.3, -0.25) is 9.59 Å². The number of rotatable bonds is 8. The summed E-state index contributed by atoms with van der Waals surface area (Å²) in [6, 6.07) is 6.50. The molecule has 0 fully saturated rings. The summed E-state index contributed by atoms with van der Waals surface area (Å²) in [6.07, 6.45) is 5.67. The second kappa shape index (κ2) is 9.70. The number of aliphatic hydroxyl groups is 1. The van der Waals surface area contributed by atoms with Crippen LogP contribution in [0, 0.1) is 5.41 Å². The van der Waals surface area contributed by atoms with E-state index >= 15 is 0 Å². The van der Waals surface area contributed by atoms with E-state index in [4.69, 9.17) is 4.74 Å². The fourth-order valence-corrected chi connectivity index (χ4v) is 3.23. The largest absolute Gasteiger partial charge is 0.507 e. The number of carbonyl (C=O) groups is 3. The molecule has 0 saturated carbocycles. The molecule has 0 radical (unpaired) electrons. The summed E-state index contributed by atoms with van der Waals surface area (Å²) in [4.78, 5) is 37.2. The van der Waals surface area contributed by atoms with Gasteiger partial charge in [-0.15, -0.1) is 0 Å². The van der Waals surface area contributed by atoms with E-state index in [0.717, 1.165) is 12.8 Å². The Labute approximate surface area is 178 Å². The van der Waals surface area contributed by atoms with Gasteiger partial charge in [-0.2, -0.15) is 0 Å². The first-order chi connectivity index (χ1) is 14.1. The standard InChI is InChI=1S/C25H30O5/c1-6-16(2)10-9-11-17(3)24(29)30-15-25(4,5)14-20-21(26)18-12-7-8-13-19(18)22(27)23(20)28/h6-8,11-13,26H,9-10,14-15H2,1-5H3. The van der Waals surface area contributed by atoms with Gasteiger partial charge >= 0.3 is 5.97 Å². The lowest BCUT2D eigenvalue weighted by atomic mass is 9.79. The van der Waals surface area contributed by atoms with Gasteiger partial charge in [0.1, 0.15) is 5.76 Å². The molecule has 0 unspecified atom stereocenters. The molecule has 1 aliphatic carbocycles. The molecule has 1 aliphatic rings. The van der Waals surface area contributed by atoms with Crippen molar-refractivity contribution >= 4 is 23.3 Å². The van der Waals surface area contributed by atoms with Gasteiger partial charge in [-0.1, -0.05) is 55.8 Å². The molecule has 0 saturated heterocycles. The van der Waals surface area contributed by atoms with Crippen LogP contribution in [0.1, 0.15) is 69.8 Å². The molecule has 2 rings (SSSR count). The van der Waals surface area contributed by atoms with Gasteiger partial charge < -0.3 is 9.84 Å². The number of benzene rings is 1. The fourth-order valence-electron chi connectivity index (χ4n) is 3.23. The number of hydrogen-bond acceptors (Lipinski definition) is 5. The van der Waals surface area contributed by atoms with Crippen LogP contribution in [0.15, 0.2) is 53.1 Å². The van der Waals surface area contributed by atoms with Crippen molar-refractivity contribution in [3.8, 4) is 0 Å². The van der Waals surface area contributed by atoms with E-state index in [1.54, 1.807) is 25.1 Å². The summed E-state index contributed by atoms with van der Waals surface area (Å²) in [7, 11) is 0. The van der Waals surface area contributed by atoms with Crippen LogP contribution in [0.5, 0.6) is 0 Å². The highest BCUT2D eigenvalue weighted by atomic mass is 16.5. The number of hydrogen-bond donors (Lipinski definition) is 1. The van der Waals surface area contributed by atoms with E-state index in [9.17, 15) is 19.5 Å². The highest BCUT2D eigenvalue weighted by molar-refractivity contribution is 6.52. The zero-order chi connectivity index (χ0) is 22.5. The predicted octanol–water partition coefficient (Wildman–Crippen LogP) is 5.37. The Balaban J connectivity index is 2.06. The highest BCUT2D eigenvalue weighted by Gasteiger charge is 2.36. The third-order valence-electron chi connectivity index (χ3n) is 5.25. The minimum atomic E-state index is -0.707. The summed E-state index contributed by atoms with van der Waals surface area (Å²) in [6.45, 7) is 9.46. The number of fused-ring (bicyclic) bond motifs is 1. The Kier molecular flexibility index (Phi) is 7.54. The molecule has 0 heterocycles. The van der Waals surface area contributed by atoms with Crippen molar-refractivity contribution < 1.29 is 24.2 Å². The van der Waals surface area contributed by atoms with E-state index in [1.165, 1.54) is 11.6 Å². The number of Topliss-reactive ketones (excluding diaryl/α,β-unsaturated/α-hetero) is 2. The van der Waals surface area contributed by atoms with Crippen molar-refractivity contribution in [1.29, 1.82) is 0 Å². The maximum Gasteiger partial charge on any atom is 0.333 e. The van der Waals surface area contributed by atoms with Crippen LogP contribution in [0.25, 0.3) is 5.76 Å². The smallest absolute Gasteiger partial charge is 0.333 e. The van der Waals surface area contributed by atoms with Gasteiger partial charge in [-0.25, -0.2) is 4.79 Å². The third-order valence-corrected chi connectivity index (χ3v) is 5.25. The zero-order valence-electron chi connectivity index (χ0n) is 18.4. The summed E-state index contributed by atoms with van der Waals surface area (Å²) in [5.74, 6) is -1.91. The van der Waals surface area contributed by atoms with Crippen molar-refractivity contribution in [2.45, 2.75) is 53.9 Å². The molecular formula is C25H30O5. The molecule has 0 atom stereocenters. The number of aliphatic hydroxyl groups excluding tert-OH is 1. The van der Waals surface area contributed by atoms with Crippen molar-refractivity contribution in [1.82, 2.24) is 0 Å². The van der Waals surface area contributed by atoms with E-state index in [-0.39, 0.29) is 29.9 Å². The van der Waals surface area contributed by atoms with Gasteiger partial charge in [-0.05, 0) is 40.0 Å². The zero-order valence-corrected chi connectivity index (χ0v) is 18.4. The lowest BCUT2D eigenvalue weighted by Crippen LogP contribution is -2.30. The van der Waals surface area contributed by atoms with E-state index < -0.39 is 23.0 Å². The first kappa shape index (κ1) is 23.3. The minimum Gasteiger partial charge on any atom is -0.507 e. The fraction of sp³-hybridized carbons (Fsp3) is 0.400. The topological polar surface area (TPSA) is 80.7 Å². The monoisotopic (exact) mass is 410 g/mol. The van der Waals surface area contributed by atoms with E-state index in [0.29, 0.717) is 11.1 Å². The average molecular weight is 411 g/mol. The minimum absolute atomic E-state index is 0.0603. The second-order valence-corrected chi connectivity index (χ2v) is 8.51. The highest BCUT2D eigenvalue weighted by Crippen LogP contribution is 2.35. The number of ether oxygens (including phenoxy) is 1. The van der Waals surface area contributed by atoms with Crippen molar-refractivity contribution in [2.75, 3.05) is 6.61 Å². The molecule has 160 valence electrons. The lowest BCUT2D eigenvalue weighted by molar-refractivity contribution is -0.141. The van der Waals surface area contributed by atoms with Crippen molar-refractivity contribution in [3.05, 3.63) is 64.3 Å². The third kappa shape index (κ3) is 5.56. The van der Waals surface area contributed by atoms with Crippen LogP contribution in [0.4, 0.5) is 0 Å². The second-order valence-electron chi connectivity index (χ2n) is 8.51. The summed E-state index contributed by atoms with van der Waals surface area (Å²) < 4.78 is 5.44. The molecule has 1 N–H and O–H groups in total. The lowest BCUT2D eigenvalue weighted by Gasteiger charge is -2.27. The molecule has 0 aromatic heterocycles. The Bertz CT molecular complexity index is 944. The van der Waals surface area contributed by atoms with Crippen molar-refractivity contribution in [3.63, 3.8) is 0 Å². The van der Waals surface area contributed by atoms with E-state index in [2.05, 4.69) is 0 Å². The molecule has 30 heavy (non-hydrogen) atoms. The molecule has 0 spiro atoms. The number of ketones is 2. The predicted molar refractivity (Wildman–Crippen MR) is 117 cm³/mol. The Hall–Kier alpha value is -2.95. The summed E-state index contributed by atoms with van der Waals surface area (Å²) in [5.41, 5.74) is 1.79. The summed E-state index contributed by atoms with van der Waals surface area (Å²) in [5, 5.41) is 10.6. The molecule has 0 amide bonds. The van der Waals surface area contributed by atoms with Crippen LogP contribution < -0.4 is 0 Å². The molecule has 0 aliphatic heterocycles. The van der Waals surface area contributed by atoms with E-state index in [1.807, 2.05) is 39.8 Å². The average Bonchev–Trinajstić information content (AvgIpc) is 2.73.